The molecule has 0 amide bonds. The Hall–Kier alpha value is -2.08. The number of aryl methyl sites for hydroxylation is 1. The van der Waals surface area contributed by atoms with Gasteiger partial charge in [0, 0.05) is 11.6 Å². The van der Waals surface area contributed by atoms with E-state index in [9.17, 15) is 13.2 Å². The minimum Gasteiger partial charge on any atom is -0.424 e. The number of nitrogens with zero attached hydrogens (tertiary/aromatic N) is 4. The number of hydrogen-bond donors (Lipinski definition) is 0. The Morgan fingerprint density at radius 3 is 2.57 bits per heavy atom. The third-order valence-electron chi connectivity index (χ3n) is 2.84. The highest BCUT2D eigenvalue weighted by molar-refractivity contribution is 7.98. The minimum absolute atomic E-state index is 0.00382. The first kappa shape index (κ1) is 17.3. The van der Waals surface area contributed by atoms with Gasteiger partial charge >= 0.3 is 6.18 Å². The van der Waals surface area contributed by atoms with E-state index >= 15 is 0 Å². The second kappa shape index (κ2) is 6.58. The zero-order valence-electron chi connectivity index (χ0n) is 12.6. The summed E-state index contributed by atoms with van der Waals surface area (Å²) in [6.45, 7) is 5.22. The van der Waals surface area contributed by atoms with Crippen LogP contribution < -0.4 is 0 Å². The number of halogens is 3. The lowest BCUT2D eigenvalue weighted by atomic mass is 10.1. The molecule has 0 fully saturated rings. The fourth-order valence-corrected chi connectivity index (χ4v) is 2.65. The van der Waals surface area contributed by atoms with E-state index in [1.807, 2.05) is 13.8 Å². The average molecular weight is 342 g/mol. The molecule has 0 bridgehead atoms. The molecule has 0 unspecified atom stereocenters. The molecule has 0 aliphatic carbocycles. The Balaban J connectivity index is 2.29. The summed E-state index contributed by atoms with van der Waals surface area (Å²) in [4.78, 5) is 4.03. The topological polar surface area (TPSA) is 75.6 Å². The molecule has 0 saturated heterocycles. The maximum atomic E-state index is 13.0. The van der Waals surface area contributed by atoms with E-state index in [4.69, 9.17) is 9.68 Å². The molecule has 0 saturated carbocycles. The van der Waals surface area contributed by atoms with Crippen LogP contribution in [0.5, 0.6) is 0 Å². The van der Waals surface area contributed by atoms with E-state index in [0.717, 1.165) is 17.8 Å². The second-order valence-corrected chi connectivity index (χ2v) is 6.04. The lowest BCUT2D eigenvalue weighted by Crippen LogP contribution is -2.10. The van der Waals surface area contributed by atoms with Crippen molar-refractivity contribution in [3.05, 3.63) is 34.7 Å². The van der Waals surface area contributed by atoms with E-state index in [0.29, 0.717) is 5.89 Å². The van der Waals surface area contributed by atoms with Crippen molar-refractivity contribution < 1.29 is 17.6 Å². The summed E-state index contributed by atoms with van der Waals surface area (Å²) in [5, 5.41) is 16.8. The van der Waals surface area contributed by atoms with Gasteiger partial charge in [-0.15, -0.1) is 10.2 Å². The van der Waals surface area contributed by atoms with Gasteiger partial charge in [-0.2, -0.15) is 18.4 Å². The first-order valence-electron chi connectivity index (χ1n) is 6.66. The van der Waals surface area contributed by atoms with Crippen LogP contribution in [-0.4, -0.2) is 15.2 Å². The van der Waals surface area contributed by atoms with Crippen LogP contribution in [0.15, 0.2) is 15.5 Å². The van der Waals surface area contributed by atoms with Crippen LogP contribution in [-0.2, 0) is 11.9 Å². The second-order valence-electron chi connectivity index (χ2n) is 5.08. The van der Waals surface area contributed by atoms with Crippen LogP contribution in [0.2, 0.25) is 0 Å². The Morgan fingerprint density at radius 2 is 2.04 bits per heavy atom. The van der Waals surface area contributed by atoms with E-state index in [1.165, 1.54) is 6.92 Å². The fourth-order valence-electron chi connectivity index (χ4n) is 1.77. The van der Waals surface area contributed by atoms with Gasteiger partial charge in [0.1, 0.15) is 11.1 Å². The van der Waals surface area contributed by atoms with Gasteiger partial charge in [-0.1, -0.05) is 25.6 Å². The normalized spacial score (nSPS) is 11.7. The highest BCUT2D eigenvalue weighted by atomic mass is 32.2. The van der Waals surface area contributed by atoms with E-state index in [-0.39, 0.29) is 28.3 Å². The molecule has 2 aromatic rings. The largest absolute Gasteiger partial charge is 0.424 e. The fraction of sp³-hybridized carbons (Fsp3) is 0.429. The Bertz CT molecular complexity index is 749. The van der Waals surface area contributed by atoms with Crippen molar-refractivity contribution in [3.63, 3.8) is 0 Å². The molecule has 0 spiro atoms. The molecule has 2 aromatic heterocycles. The molecule has 0 aliphatic heterocycles. The van der Waals surface area contributed by atoms with Crippen LogP contribution in [0, 0.1) is 18.3 Å². The highest BCUT2D eigenvalue weighted by Gasteiger charge is 2.35. The van der Waals surface area contributed by atoms with Gasteiger partial charge in [0.25, 0.3) is 0 Å². The van der Waals surface area contributed by atoms with Crippen LogP contribution in [0.25, 0.3) is 0 Å². The van der Waals surface area contributed by atoms with Gasteiger partial charge in [-0.05, 0) is 13.0 Å². The predicted molar refractivity (Wildman–Crippen MR) is 76.6 cm³/mol. The molecule has 2 heterocycles. The minimum atomic E-state index is -4.61. The van der Waals surface area contributed by atoms with Gasteiger partial charge in [-0.3, -0.25) is 0 Å². The predicted octanol–water partition coefficient (Wildman–Crippen LogP) is 4.08. The summed E-state index contributed by atoms with van der Waals surface area (Å²) >= 11 is 0.964. The van der Waals surface area contributed by atoms with E-state index in [2.05, 4.69) is 15.2 Å². The van der Waals surface area contributed by atoms with Crippen LogP contribution in [0.3, 0.4) is 0 Å². The van der Waals surface area contributed by atoms with E-state index in [1.54, 1.807) is 6.07 Å². The van der Waals surface area contributed by atoms with Gasteiger partial charge in [-0.25, -0.2) is 4.98 Å². The number of nitriles is 1. The standard InChI is InChI=1S/C14H13F3N4OS/c1-7(2)12-21-20-11(22-12)6-23-13-9(5-18)10(14(15,16)17)4-8(3)19-13/h4,7H,6H2,1-3H3. The molecule has 2 rings (SSSR count). The van der Waals surface area contributed by atoms with Crippen LogP contribution >= 0.6 is 11.8 Å². The van der Waals surface area contributed by atoms with E-state index < -0.39 is 17.3 Å². The maximum Gasteiger partial charge on any atom is 0.417 e. The first-order chi connectivity index (χ1) is 10.7. The Kier molecular flexibility index (Phi) is 4.94. The molecule has 0 aromatic carbocycles. The summed E-state index contributed by atoms with van der Waals surface area (Å²) in [5.74, 6) is 0.931. The summed E-state index contributed by atoms with van der Waals surface area (Å²) in [6.07, 6.45) is -4.61. The zero-order chi connectivity index (χ0) is 17.2. The van der Waals surface area contributed by atoms with Crippen molar-refractivity contribution >= 4 is 11.8 Å². The Labute approximate surface area is 134 Å². The number of rotatable bonds is 4. The smallest absolute Gasteiger partial charge is 0.417 e. The number of thioether (sulfide) groups is 1. The number of alkyl halides is 3. The lowest BCUT2D eigenvalue weighted by Gasteiger charge is -2.12. The molecule has 23 heavy (non-hydrogen) atoms. The average Bonchev–Trinajstić information content (AvgIpc) is 2.92. The maximum absolute atomic E-state index is 13.0. The molecular formula is C14H13F3N4OS. The molecule has 122 valence electrons. The lowest BCUT2D eigenvalue weighted by molar-refractivity contribution is -0.138. The Morgan fingerprint density at radius 1 is 1.35 bits per heavy atom. The third-order valence-corrected chi connectivity index (χ3v) is 3.80. The monoisotopic (exact) mass is 342 g/mol. The van der Waals surface area contributed by atoms with Gasteiger partial charge in [0.15, 0.2) is 0 Å². The number of pyridine rings is 1. The summed E-state index contributed by atoms with van der Waals surface area (Å²) in [5.41, 5.74) is -1.28. The van der Waals surface area contributed by atoms with Crippen LogP contribution in [0.4, 0.5) is 13.2 Å². The molecule has 0 radical (unpaired) electrons. The quantitative estimate of drug-likeness (QED) is 0.779. The molecule has 5 nitrogen and oxygen atoms in total. The summed E-state index contributed by atoms with van der Waals surface area (Å²) in [6, 6.07) is 2.45. The molecule has 9 heteroatoms. The van der Waals surface area contributed by atoms with Crippen molar-refractivity contribution in [3.8, 4) is 6.07 Å². The molecule has 0 N–H and O–H groups in total. The van der Waals surface area contributed by atoms with Gasteiger partial charge in [0.2, 0.25) is 11.8 Å². The first-order valence-corrected chi connectivity index (χ1v) is 7.65. The van der Waals surface area contributed by atoms with Crippen molar-refractivity contribution in [2.24, 2.45) is 0 Å². The molecule has 0 aliphatic rings. The third kappa shape index (κ3) is 4.01. The van der Waals surface area contributed by atoms with Crippen molar-refractivity contribution in [2.75, 3.05) is 0 Å². The number of hydrogen-bond acceptors (Lipinski definition) is 6. The molecule has 0 atom stereocenters. The van der Waals surface area contributed by atoms with Crippen molar-refractivity contribution in [1.82, 2.24) is 15.2 Å². The van der Waals surface area contributed by atoms with Crippen LogP contribution in [0.1, 0.15) is 48.4 Å². The number of aromatic nitrogens is 3. The summed E-state index contributed by atoms with van der Waals surface area (Å²) in [7, 11) is 0. The van der Waals surface area contributed by atoms with Gasteiger partial charge < -0.3 is 4.42 Å². The van der Waals surface area contributed by atoms with Crippen molar-refractivity contribution in [2.45, 2.75) is 43.6 Å². The zero-order valence-corrected chi connectivity index (χ0v) is 13.4. The van der Waals surface area contributed by atoms with Crippen molar-refractivity contribution in [1.29, 1.82) is 5.26 Å². The SMILES string of the molecule is Cc1cc(C(F)(F)F)c(C#N)c(SCc2nnc(C(C)C)o2)n1. The highest BCUT2D eigenvalue weighted by Crippen LogP contribution is 2.36. The molecular weight excluding hydrogens is 329 g/mol. The summed E-state index contributed by atoms with van der Waals surface area (Å²) < 4.78 is 44.5. The van der Waals surface area contributed by atoms with Gasteiger partial charge in [0.05, 0.1) is 16.9 Å².